The second-order valence-corrected chi connectivity index (χ2v) is 8.29. The van der Waals surface area contributed by atoms with E-state index in [1.54, 1.807) is 6.07 Å². The number of nitrogens with zero attached hydrogens (tertiary/aromatic N) is 1. The van der Waals surface area contributed by atoms with E-state index in [-0.39, 0.29) is 28.7 Å². The van der Waals surface area contributed by atoms with Gasteiger partial charge in [0.25, 0.3) is 0 Å². The third kappa shape index (κ3) is 4.58. The largest absolute Gasteiger partial charge is 0.478 e. The zero-order valence-electron chi connectivity index (χ0n) is 14.3. The lowest BCUT2D eigenvalue weighted by Crippen LogP contribution is -2.32. The van der Waals surface area contributed by atoms with Gasteiger partial charge in [0.05, 0.1) is 10.5 Å². The number of sulfonamides is 1. The predicted octanol–water partition coefficient (Wildman–Crippen LogP) is 1.61. The van der Waals surface area contributed by atoms with Crippen LogP contribution in [-0.4, -0.2) is 42.8 Å². The summed E-state index contributed by atoms with van der Waals surface area (Å²) in [7, 11) is -3.76. The van der Waals surface area contributed by atoms with Crippen LogP contribution in [0.25, 0.3) is 0 Å². The second kappa shape index (κ2) is 7.97. The average Bonchev–Trinajstić information content (AvgIpc) is 2.79. The summed E-state index contributed by atoms with van der Waals surface area (Å²) in [4.78, 5) is 22.5. The van der Waals surface area contributed by atoms with Crippen LogP contribution in [0.4, 0.5) is 0 Å². The summed E-state index contributed by atoms with van der Waals surface area (Å²) in [6.45, 7) is 2.48. The van der Waals surface area contributed by atoms with Gasteiger partial charge in [-0.3, -0.25) is 4.79 Å². The first kappa shape index (κ1) is 19.4. The Morgan fingerprint density at radius 1 is 1.28 bits per heavy atom. The highest BCUT2D eigenvalue weighted by molar-refractivity contribution is 7.89. The first-order valence-corrected chi connectivity index (χ1v) is 9.84. The molecule has 1 aliphatic heterocycles. The number of aryl methyl sites for hydroxylation is 1. The normalized spacial score (nSPS) is 19.3. The zero-order valence-corrected chi connectivity index (χ0v) is 15.1. The molecule has 0 radical (unpaired) electrons. The monoisotopic (exact) mass is 368 g/mol. The number of hydrogen-bond acceptors (Lipinski definition) is 4. The first-order valence-electron chi connectivity index (χ1n) is 8.40. The molecule has 1 amide bonds. The molecule has 1 unspecified atom stereocenters. The van der Waals surface area contributed by atoms with Crippen LogP contribution in [0.1, 0.15) is 48.5 Å². The minimum atomic E-state index is -3.76. The van der Waals surface area contributed by atoms with Crippen molar-refractivity contribution < 1.29 is 23.1 Å². The summed E-state index contributed by atoms with van der Waals surface area (Å²) in [6, 6.07) is 4.26. The summed E-state index contributed by atoms with van der Waals surface area (Å²) in [5, 5.41) is 9.31. The van der Waals surface area contributed by atoms with Gasteiger partial charge in [-0.2, -0.15) is 4.31 Å². The van der Waals surface area contributed by atoms with E-state index in [0.29, 0.717) is 37.9 Å². The maximum absolute atomic E-state index is 12.9. The molecule has 1 aromatic rings. The molecular weight excluding hydrogens is 344 g/mol. The van der Waals surface area contributed by atoms with Crippen molar-refractivity contribution >= 4 is 21.9 Å². The number of carbonyl (C=O) groups excluding carboxylic acids is 1. The standard InChI is InChI=1S/C17H24N2O5S/c1-2-13-5-6-14(11-15(13)17(21)22)25(23,24)19-8-3-4-12(7-9-19)10-16(18)20/h5-6,11-12H,2-4,7-10H2,1H3,(H2,18,20)(H,21,22). The topological polar surface area (TPSA) is 118 Å². The molecule has 25 heavy (non-hydrogen) atoms. The van der Waals surface area contributed by atoms with E-state index in [1.807, 2.05) is 6.92 Å². The third-order valence-electron chi connectivity index (χ3n) is 4.63. The Kier molecular flexibility index (Phi) is 6.18. The van der Waals surface area contributed by atoms with Crippen molar-refractivity contribution in [2.24, 2.45) is 11.7 Å². The van der Waals surface area contributed by atoms with Crippen LogP contribution in [0, 0.1) is 5.92 Å². The molecule has 0 spiro atoms. The van der Waals surface area contributed by atoms with E-state index in [0.717, 1.165) is 6.42 Å². The number of primary amides is 1. The summed E-state index contributed by atoms with van der Waals surface area (Å²) in [5.74, 6) is -1.41. The van der Waals surface area contributed by atoms with E-state index in [4.69, 9.17) is 5.73 Å². The maximum Gasteiger partial charge on any atom is 0.336 e. The SMILES string of the molecule is CCc1ccc(S(=O)(=O)N2CCCC(CC(N)=O)CC2)cc1C(=O)O. The number of carboxylic acid groups (broad SMARTS) is 1. The van der Waals surface area contributed by atoms with Gasteiger partial charge >= 0.3 is 5.97 Å². The van der Waals surface area contributed by atoms with Gasteiger partial charge in [0.15, 0.2) is 0 Å². The van der Waals surface area contributed by atoms with Crippen LogP contribution in [0.3, 0.4) is 0 Å². The van der Waals surface area contributed by atoms with Crippen LogP contribution in [0.5, 0.6) is 0 Å². The van der Waals surface area contributed by atoms with Crippen LogP contribution in [-0.2, 0) is 21.2 Å². The first-order chi connectivity index (χ1) is 11.8. The molecule has 3 N–H and O–H groups in total. The van der Waals surface area contributed by atoms with Crippen LogP contribution < -0.4 is 5.73 Å². The molecule has 1 aliphatic rings. The molecule has 138 valence electrons. The van der Waals surface area contributed by atoms with E-state index >= 15 is 0 Å². The number of carboxylic acids is 1. The van der Waals surface area contributed by atoms with E-state index < -0.39 is 16.0 Å². The van der Waals surface area contributed by atoms with Crippen molar-refractivity contribution in [2.75, 3.05) is 13.1 Å². The fourth-order valence-electron chi connectivity index (χ4n) is 3.24. The highest BCUT2D eigenvalue weighted by Gasteiger charge is 2.29. The Balaban J connectivity index is 2.25. The van der Waals surface area contributed by atoms with Crippen LogP contribution >= 0.6 is 0 Å². The van der Waals surface area contributed by atoms with E-state index in [9.17, 15) is 23.1 Å². The molecule has 2 rings (SSSR count). The molecular formula is C17H24N2O5S. The number of benzene rings is 1. The molecule has 0 aliphatic carbocycles. The van der Waals surface area contributed by atoms with Crippen molar-refractivity contribution in [1.29, 1.82) is 0 Å². The molecule has 1 atom stereocenters. The van der Waals surface area contributed by atoms with E-state index in [1.165, 1.54) is 16.4 Å². The molecule has 1 saturated heterocycles. The van der Waals surface area contributed by atoms with Gasteiger partial charge in [0.2, 0.25) is 15.9 Å². The smallest absolute Gasteiger partial charge is 0.336 e. The van der Waals surface area contributed by atoms with Crippen LogP contribution in [0.2, 0.25) is 0 Å². The number of aromatic carboxylic acids is 1. The Labute approximate surface area is 147 Å². The van der Waals surface area contributed by atoms with Gasteiger partial charge in [-0.05, 0) is 49.3 Å². The van der Waals surface area contributed by atoms with Gasteiger partial charge < -0.3 is 10.8 Å². The zero-order chi connectivity index (χ0) is 18.6. The summed E-state index contributed by atoms with van der Waals surface area (Å²) < 4.78 is 27.1. The summed E-state index contributed by atoms with van der Waals surface area (Å²) in [6.07, 6.45) is 2.75. The molecule has 1 aromatic carbocycles. The van der Waals surface area contributed by atoms with Gasteiger partial charge in [-0.1, -0.05) is 13.0 Å². The van der Waals surface area contributed by atoms with Crippen molar-refractivity contribution in [3.63, 3.8) is 0 Å². The van der Waals surface area contributed by atoms with Gasteiger partial charge in [-0.25, -0.2) is 13.2 Å². The van der Waals surface area contributed by atoms with Crippen molar-refractivity contribution in [1.82, 2.24) is 4.31 Å². The molecule has 0 aromatic heterocycles. The van der Waals surface area contributed by atoms with Gasteiger partial charge in [0.1, 0.15) is 0 Å². The maximum atomic E-state index is 12.9. The molecule has 8 heteroatoms. The molecule has 7 nitrogen and oxygen atoms in total. The third-order valence-corrected chi connectivity index (χ3v) is 6.52. The van der Waals surface area contributed by atoms with Gasteiger partial charge in [-0.15, -0.1) is 0 Å². The predicted molar refractivity (Wildman–Crippen MR) is 92.7 cm³/mol. The molecule has 0 bridgehead atoms. The number of rotatable bonds is 6. The second-order valence-electron chi connectivity index (χ2n) is 6.35. The molecule has 0 saturated carbocycles. The minimum absolute atomic E-state index is 0.00421. The summed E-state index contributed by atoms with van der Waals surface area (Å²) >= 11 is 0. The number of carbonyl (C=O) groups is 2. The van der Waals surface area contributed by atoms with Crippen LogP contribution in [0.15, 0.2) is 23.1 Å². The summed E-state index contributed by atoms with van der Waals surface area (Å²) in [5.41, 5.74) is 5.85. The molecule has 1 fully saturated rings. The highest BCUT2D eigenvalue weighted by Crippen LogP contribution is 2.26. The van der Waals surface area contributed by atoms with Crippen molar-refractivity contribution in [2.45, 2.75) is 43.9 Å². The quantitative estimate of drug-likeness (QED) is 0.791. The lowest BCUT2D eigenvalue weighted by molar-refractivity contribution is -0.119. The van der Waals surface area contributed by atoms with Gasteiger partial charge in [0, 0.05) is 19.5 Å². The number of nitrogens with two attached hydrogens (primary N) is 1. The fourth-order valence-corrected chi connectivity index (χ4v) is 4.76. The Morgan fingerprint density at radius 3 is 2.60 bits per heavy atom. The van der Waals surface area contributed by atoms with E-state index in [2.05, 4.69) is 0 Å². The Morgan fingerprint density at radius 2 is 2.00 bits per heavy atom. The Bertz CT molecular complexity index is 760. The lowest BCUT2D eigenvalue weighted by atomic mass is 9.97. The average molecular weight is 368 g/mol. The van der Waals surface area contributed by atoms with Crippen molar-refractivity contribution in [3.8, 4) is 0 Å². The highest BCUT2D eigenvalue weighted by atomic mass is 32.2. The number of amides is 1. The fraction of sp³-hybridized carbons (Fsp3) is 0.529. The van der Waals surface area contributed by atoms with Crippen molar-refractivity contribution in [3.05, 3.63) is 29.3 Å². The molecule has 1 heterocycles. The lowest BCUT2D eigenvalue weighted by Gasteiger charge is -2.21. The number of hydrogen-bond donors (Lipinski definition) is 2. The Hall–Kier alpha value is -1.93. The minimum Gasteiger partial charge on any atom is -0.478 e.